The van der Waals surface area contributed by atoms with E-state index in [0.29, 0.717) is 11.1 Å². The molecule has 0 unspecified atom stereocenters. The molecule has 5 nitrogen and oxygen atoms in total. The third-order valence-electron chi connectivity index (χ3n) is 2.85. The molecule has 0 aliphatic heterocycles. The van der Waals surface area contributed by atoms with E-state index in [1.54, 1.807) is 37.3 Å². The molecule has 0 fully saturated rings. The van der Waals surface area contributed by atoms with Crippen LogP contribution < -0.4 is 0 Å². The number of nitrogens with zero attached hydrogens (tertiary/aromatic N) is 1. The van der Waals surface area contributed by atoms with Gasteiger partial charge >= 0.3 is 5.97 Å². The molecule has 1 aromatic carbocycles. The summed E-state index contributed by atoms with van der Waals surface area (Å²) in [7, 11) is -3.62. The Bertz CT molecular complexity index is 846. The van der Waals surface area contributed by atoms with Crippen LogP contribution in [0.25, 0.3) is 11.1 Å². The topological polar surface area (TPSA) is 84.2 Å². The van der Waals surface area contributed by atoms with Crippen molar-refractivity contribution in [3.8, 4) is 17.2 Å². The molecule has 7 heteroatoms. The number of hydrogen-bond acceptors (Lipinski definition) is 6. The number of rotatable bonds is 4. The monoisotopic (exact) mass is 335 g/mol. The van der Waals surface area contributed by atoms with E-state index in [4.69, 9.17) is 4.74 Å². The lowest BCUT2D eigenvalue weighted by Gasteiger charge is -2.04. The van der Waals surface area contributed by atoms with E-state index in [-0.39, 0.29) is 21.3 Å². The largest absolute Gasteiger partial charge is 0.462 e. The summed E-state index contributed by atoms with van der Waals surface area (Å²) in [4.78, 5) is 12.3. The van der Waals surface area contributed by atoms with E-state index < -0.39 is 15.8 Å². The molecule has 2 rings (SSSR count). The summed E-state index contributed by atoms with van der Waals surface area (Å²) >= 11 is 0.776. The quantitative estimate of drug-likeness (QED) is 0.802. The van der Waals surface area contributed by atoms with E-state index >= 15 is 0 Å². The lowest BCUT2D eigenvalue weighted by molar-refractivity contribution is 0.0533. The minimum absolute atomic E-state index is 0.0123. The number of carbonyl (C=O) groups excluding carboxylic acids is 1. The molecule has 0 aliphatic carbocycles. The van der Waals surface area contributed by atoms with Gasteiger partial charge in [0.25, 0.3) is 0 Å². The number of ether oxygens (including phenoxy) is 1. The fourth-order valence-corrected chi connectivity index (χ4v) is 4.27. The average molecular weight is 335 g/mol. The highest BCUT2D eigenvalue weighted by atomic mass is 32.2. The molecule has 2 aromatic rings. The van der Waals surface area contributed by atoms with E-state index in [9.17, 15) is 18.5 Å². The Morgan fingerprint density at radius 2 is 1.95 bits per heavy atom. The Balaban J connectivity index is 2.81. The van der Waals surface area contributed by atoms with Gasteiger partial charge in [-0.1, -0.05) is 30.3 Å². The van der Waals surface area contributed by atoms with E-state index in [1.165, 1.54) is 0 Å². The molecule has 0 spiro atoms. The number of esters is 1. The van der Waals surface area contributed by atoms with Gasteiger partial charge in [-0.2, -0.15) is 5.26 Å². The van der Waals surface area contributed by atoms with Crippen LogP contribution in [-0.2, 0) is 14.6 Å². The summed E-state index contributed by atoms with van der Waals surface area (Å²) in [5.74, 6) is -0.627. The van der Waals surface area contributed by atoms with Crippen LogP contribution in [0.1, 0.15) is 22.2 Å². The zero-order valence-electron chi connectivity index (χ0n) is 12.0. The third kappa shape index (κ3) is 3.03. The van der Waals surface area contributed by atoms with Crippen LogP contribution in [-0.4, -0.2) is 27.2 Å². The first-order valence-corrected chi connectivity index (χ1v) is 9.10. The van der Waals surface area contributed by atoms with Gasteiger partial charge in [-0.05, 0) is 12.5 Å². The molecule has 1 heterocycles. The fraction of sp³-hybridized carbons (Fsp3) is 0.200. The fourth-order valence-electron chi connectivity index (χ4n) is 1.99. The molecule has 0 saturated carbocycles. The van der Waals surface area contributed by atoms with Gasteiger partial charge in [0.1, 0.15) is 15.2 Å². The third-order valence-corrected chi connectivity index (χ3v) is 5.85. The Morgan fingerprint density at radius 3 is 2.45 bits per heavy atom. The minimum Gasteiger partial charge on any atom is -0.462 e. The number of carbonyl (C=O) groups is 1. The highest BCUT2D eigenvalue weighted by Gasteiger charge is 2.29. The Labute approximate surface area is 132 Å². The van der Waals surface area contributed by atoms with Crippen LogP contribution in [0.5, 0.6) is 0 Å². The van der Waals surface area contributed by atoms with Gasteiger partial charge in [-0.25, -0.2) is 13.2 Å². The summed E-state index contributed by atoms with van der Waals surface area (Å²) < 4.78 is 28.7. The van der Waals surface area contributed by atoms with Gasteiger partial charge in [-0.15, -0.1) is 11.3 Å². The van der Waals surface area contributed by atoms with Gasteiger partial charge in [0.15, 0.2) is 9.84 Å². The number of benzene rings is 1. The SMILES string of the molecule is CCOC(=O)c1sc(S(C)(=O)=O)c(C#N)c1-c1ccccc1. The maximum Gasteiger partial charge on any atom is 0.349 e. The van der Waals surface area contributed by atoms with Crippen molar-refractivity contribution in [2.45, 2.75) is 11.1 Å². The smallest absolute Gasteiger partial charge is 0.349 e. The van der Waals surface area contributed by atoms with Crippen LogP contribution >= 0.6 is 11.3 Å². The van der Waals surface area contributed by atoms with Crippen molar-refractivity contribution < 1.29 is 17.9 Å². The number of nitriles is 1. The van der Waals surface area contributed by atoms with Crippen molar-refractivity contribution in [3.05, 3.63) is 40.8 Å². The lowest BCUT2D eigenvalue weighted by atomic mass is 10.0. The normalized spacial score (nSPS) is 11.0. The predicted molar refractivity (Wildman–Crippen MR) is 83.5 cm³/mol. The van der Waals surface area contributed by atoms with E-state index in [1.807, 2.05) is 6.07 Å². The van der Waals surface area contributed by atoms with Crippen molar-refractivity contribution in [1.82, 2.24) is 0 Å². The van der Waals surface area contributed by atoms with E-state index in [2.05, 4.69) is 0 Å². The summed E-state index contributed by atoms with van der Waals surface area (Å²) in [5, 5.41) is 9.39. The van der Waals surface area contributed by atoms with E-state index in [0.717, 1.165) is 17.6 Å². The Kier molecular flexibility index (Phi) is 4.64. The lowest BCUT2D eigenvalue weighted by Crippen LogP contribution is -2.04. The molecule has 0 saturated heterocycles. The minimum atomic E-state index is -3.62. The maximum absolute atomic E-state index is 12.1. The number of sulfone groups is 1. The molecule has 1 aromatic heterocycles. The van der Waals surface area contributed by atoms with Gasteiger partial charge in [-0.3, -0.25) is 0 Å². The molecule has 0 aliphatic rings. The van der Waals surface area contributed by atoms with Crippen LogP contribution in [0, 0.1) is 11.3 Å². The van der Waals surface area contributed by atoms with Crippen LogP contribution in [0.15, 0.2) is 34.5 Å². The molecule has 0 bridgehead atoms. The van der Waals surface area contributed by atoms with Gasteiger partial charge in [0.05, 0.1) is 12.2 Å². The highest BCUT2D eigenvalue weighted by molar-refractivity contribution is 7.92. The van der Waals surface area contributed by atoms with Crippen molar-refractivity contribution in [2.24, 2.45) is 0 Å². The standard InChI is InChI=1S/C15H13NO4S2/c1-3-20-14(17)13-12(10-7-5-4-6-8-10)11(9-16)15(21-13)22(2,18)19/h4-8H,3H2,1-2H3. The molecule has 114 valence electrons. The van der Waals surface area contributed by atoms with Crippen molar-refractivity contribution >= 4 is 27.1 Å². The zero-order chi connectivity index (χ0) is 16.3. The van der Waals surface area contributed by atoms with Crippen molar-refractivity contribution in [3.63, 3.8) is 0 Å². The second kappa shape index (κ2) is 6.30. The molecule has 0 atom stereocenters. The second-order valence-corrected chi connectivity index (χ2v) is 7.67. The predicted octanol–water partition coefficient (Wildman–Crippen LogP) is 2.87. The summed E-state index contributed by atoms with van der Waals surface area (Å²) in [6.07, 6.45) is 1.02. The molecular formula is C15H13NO4S2. The molecule has 22 heavy (non-hydrogen) atoms. The van der Waals surface area contributed by atoms with Crippen LogP contribution in [0.4, 0.5) is 0 Å². The molecule has 0 N–H and O–H groups in total. The summed E-state index contributed by atoms with van der Waals surface area (Å²) in [6, 6.07) is 10.7. The average Bonchev–Trinajstić information content (AvgIpc) is 2.88. The molecule has 0 radical (unpaired) electrons. The maximum atomic E-state index is 12.1. The Morgan fingerprint density at radius 1 is 1.32 bits per heavy atom. The molecular weight excluding hydrogens is 322 g/mol. The first kappa shape index (κ1) is 16.2. The van der Waals surface area contributed by atoms with Gasteiger partial charge in [0.2, 0.25) is 0 Å². The highest BCUT2D eigenvalue weighted by Crippen LogP contribution is 2.39. The first-order valence-electron chi connectivity index (χ1n) is 6.39. The number of thiophene rings is 1. The van der Waals surface area contributed by atoms with Crippen LogP contribution in [0.2, 0.25) is 0 Å². The van der Waals surface area contributed by atoms with Crippen molar-refractivity contribution in [2.75, 3.05) is 12.9 Å². The van der Waals surface area contributed by atoms with Crippen molar-refractivity contribution in [1.29, 1.82) is 5.26 Å². The number of hydrogen-bond donors (Lipinski definition) is 0. The summed E-state index contributed by atoms with van der Waals surface area (Å²) in [6.45, 7) is 1.83. The first-order chi connectivity index (χ1) is 10.4. The van der Waals surface area contributed by atoms with Gasteiger partial charge in [0, 0.05) is 11.8 Å². The second-order valence-electron chi connectivity index (χ2n) is 4.44. The van der Waals surface area contributed by atoms with Crippen LogP contribution in [0.3, 0.4) is 0 Å². The Hall–Kier alpha value is -2.17. The molecule has 0 amide bonds. The summed E-state index contributed by atoms with van der Waals surface area (Å²) in [5.41, 5.74) is 0.905. The zero-order valence-corrected chi connectivity index (χ0v) is 13.6. The van der Waals surface area contributed by atoms with Gasteiger partial charge < -0.3 is 4.74 Å².